The maximum atomic E-state index is 12.9. The number of alkyl halides is 3. The van der Waals surface area contributed by atoms with Gasteiger partial charge in [0.15, 0.2) is 0 Å². The molecule has 0 bridgehead atoms. The maximum Gasteiger partial charge on any atom is 0.418 e. The van der Waals surface area contributed by atoms with Gasteiger partial charge in [0.25, 0.3) is 5.91 Å². The number of rotatable bonds is 3. The van der Waals surface area contributed by atoms with E-state index in [1.54, 1.807) is 0 Å². The maximum absolute atomic E-state index is 12.9. The molecule has 2 rings (SSSR count). The lowest BCUT2D eigenvalue weighted by molar-refractivity contribution is -0.136. The molecule has 24 heavy (non-hydrogen) atoms. The van der Waals surface area contributed by atoms with E-state index in [1.165, 1.54) is 30.6 Å². The third kappa shape index (κ3) is 4.68. The summed E-state index contributed by atoms with van der Waals surface area (Å²) < 4.78 is 38.8. The Morgan fingerprint density at radius 1 is 1.04 bits per heavy atom. The second-order valence-electron chi connectivity index (χ2n) is 6.16. The number of para-hydroxylation sites is 1. The molecule has 0 atom stereocenters. The van der Waals surface area contributed by atoms with Crippen molar-refractivity contribution < 1.29 is 18.0 Å². The molecule has 0 fully saturated rings. The van der Waals surface area contributed by atoms with Gasteiger partial charge >= 0.3 is 6.18 Å². The molecule has 2 aromatic rings. The van der Waals surface area contributed by atoms with Crippen LogP contribution in [0, 0.1) is 0 Å². The average Bonchev–Trinajstić information content (AvgIpc) is 2.45. The minimum absolute atomic E-state index is 0.0774. The Balaban J connectivity index is 2.17. The van der Waals surface area contributed by atoms with Gasteiger partial charge in [-0.1, -0.05) is 12.1 Å². The molecule has 0 saturated carbocycles. The zero-order valence-corrected chi connectivity index (χ0v) is 13.4. The summed E-state index contributed by atoms with van der Waals surface area (Å²) in [5, 5.41) is 5.29. The molecule has 0 aliphatic carbocycles. The van der Waals surface area contributed by atoms with Crippen LogP contribution in [0.5, 0.6) is 0 Å². The number of carbonyl (C=O) groups excluding carboxylic acids is 1. The number of aromatic nitrogens is 2. The molecule has 1 aromatic carbocycles. The second-order valence-corrected chi connectivity index (χ2v) is 6.16. The van der Waals surface area contributed by atoms with Crippen LogP contribution in [0.25, 0.3) is 0 Å². The van der Waals surface area contributed by atoms with Crippen LogP contribution in [0.1, 0.15) is 36.8 Å². The summed E-state index contributed by atoms with van der Waals surface area (Å²) in [6, 6.07) is 4.75. The monoisotopic (exact) mass is 338 g/mol. The SMILES string of the molecule is CC(C)(C)Nc1cnc(C(=O)Nc2ccccc2C(F)(F)F)cn1. The number of nitrogens with one attached hydrogen (secondary N) is 2. The van der Waals surface area contributed by atoms with Gasteiger partial charge in [0.05, 0.1) is 23.6 Å². The highest BCUT2D eigenvalue weighted by atomic mass is 19.4. The van der Waals surface area contributed by atoms with Crippen LogP contribution < -0.4 is 10.6 Å². The molecule has 2 N–H and O–H groups in total. The van der Waals surface area contributed by atoms with Crippen molar-refractivity contribution in [1.29, 1.82) is 0 Å². The first-order valence-electron chi connectivity index (χ1n) is 7.14. The topological polar surface area (TPSA) is 66.9 Å². The van der Waals surface area contributed by atoms with Crippen molar-refractivity contribution in [3.05, 3.63) is 47.9 Å². The van der Waals surface area contributed by atoms with Crippen LogP contribution in [0.3, 0.4) is 0 Å². The molecular weight excluding hydrogens is 321 g/mol. The van der Waals surface area contributed by atoms with Crippen LogP contribution in [-0.2, 0) is 6.18 Å². The van der Waals surface area contributed by atoms with Gasteiger partial charge in [-0.25, -0.2) is 9.97 Å². The zero-order valence-electron chi connectivity index (χ0n) is 13.4. The van der Waals surface area contributed by atoms with Crippen LogP contribution >= 0.6 is 0 Å². The molecule has 0 radical (unpaired) electrons. The van der Waals surface area contributed by atoms with Gasteiger partial charge in [-0.05, 0) is 32.9 Å². The summed E-state index contributed by atoms with van der Waals surface area (Å²) in [6.07, 6.45) is -1.99. The summed E-state index contributed by atoms with van der Waals surface area (Å²) in [4.78, 5) is 20.1. The number of nitrogens with zero attached hydrogens (tertiary/aromatic N) is 2. The van der Waals surface area contributed by atoms with Crippen molar-refractivity contribution >= 4 is 17.4 Å². The van der Waals surface area contributed by atoms with Gasteiger partial charge in [0, 0.05) is 5.54 Å². The van der Waals surface area contributed by atoms with Crippen molar-refractivity contribution in [3.63, 3.8) is 0 Å². The average molecular weight is 338 g/mol. The van der Waals surface area contributed by atoms with Crippen molar-refractivity contribution in [2.45, 2.75) is 32.5 Å². The van der Waals surface area contributed by atoms with Gasteiger partial charge in [0.1, 0.15) is 11.5 Å². The van der Waals surface area contributed by atoms with E-state index < -0.39 is 17.6 Å². The molecular formula is C16H17F3N4O. The van der Waals surface area contributed by atoms with Crippen LogP contribution in [0.4, 0.5) is 24.7 Å². The molecule has 0 aliphatic rings. The molecule has 1 heterocycles. The number of anilines is 2. The fraction of sp³-hybridized carbons (Fsp3) is 0.312. The van der Waals surface area contributed by atoms with Crippen LogP contribution in [0.15, 0.2) is 36.7 Å². The predicted octanol–water partition coefficient (Wildman–Crippen LogP) is 3.96. The minimum atomic E-state index is -4.56. The molecule has 8 heteroatoms. The molecule has 0 unspecified atom stereocenters. The smallest absolute Gasteiger partial charge is 0.364 e. The molecule has 128 valence electrons. The van der Waals surface area contributed by atoms with Crippen LogP contribution in [-0.4, -0.2) is 21.4 Å². The van der Waals surface area contributed by atoms with Crippen molar-refractivity contribution in [3.8, 4) is 0 Å². The molecule has 0 aliphatic heterocycles. The fourth-order valence-corrected chi connectivity index (χ4v) is 1.92. The van der Waals surface area contributed by atoms with Crippen molar-refractivity contribution in [2.75, 3.05) is 10.6 Å². The Morgan fingerprint density at radius 3 is 2.25 bits per heavy atom. The van der Waals surface area contributed by atoms with E-state index in [-0.39, 0.29) is 16.9 Å². The molecule has 0 saturated heterocycles. The third-order valence-electron chi connectivity index (χ3n) is 2.87. The zero-order chi connectivity index (χ0) is 18.0. The largest absolute Gasteiger partial charge is 0.418 e. The Kier molecular flexibility index (Phi) is 4.77. The normalized spacial score (nSPS) is 11.9. The lowest BCUT2D eigenvalue weighted by Crippen LogP contribution is -2.27. The first-order chi connectivity index (χ1) is 11.1. The Morgan fingerprint density at radius 2 is 1.71 bits per heavy atom. The Hall–Kier alpha value is -2.64. The van der Waals surface area contributed by atoms with E-state index in [4.69, 9.17) is 0 Å². The number of hydrogen-bond acceptors (Lipinski definition) is 4. The number of halogens is 3. The Labute approximate surface area is 137 Å². The molecule has 5 nitrogen and oxygen atoms in total. The highest BCUT2D eigenvalue weighted by molar-refractivity contribution is 6.03. The number of benzene rings is 1. The summed E-state index contributed by atoms with van der Waals surface area (Å²) >= 11 is 0. The second kappa shape index (κ2) is 6.46. The van der Waals surface area contributed by atoms with E-state index in [0.29, 0.717) is 5.82 Å². The van der Waals surface area contributed by atoms with Gasteiger partial charge in [-0.15, -0.1) is 0 Å². The predicted molar refractivity (Wildman–Crippen MR) is 84.8 cm³/mol. The highest BCUT2D eigenvalue weighted by Crippen LogP contribution is 2.34. The molecule has 1 amide bonds. The van der Waals surface area contributed by atoms with E-state index in [9.17, 15) is 18.0 Å². The third-order valence-corrected chi connectivity index (χ3v) is 2.87. The summed E-state index contributed by atoms with van der Waals surface area (Å²) in [6.45, 7) is 5.80. The lowest BCUT2D eigenvalue weighted by Gasteiger charge is -2.20. The minimum Gasteiger partial charge on any atom is -0.364 e. The highest BCUT2D eigenvalue weighted by Gasteiger charge is 2.33. The van der Waals surface area contributed by atoms with E-state index in [2.05, 4.69) is 20.6 Å². The van der Waals surface area contributed by atoms with Crippen LogP contribution in [0.2, 0.25) is 0 Å². The van der Waals surface area contributed by atoms with E-state index in [1.807, 2.05) is 20.8 Å². The number of hydrogen-bond donors (Lipinski definition) is 2. The van der Waals surface area contributed by atoms with Gasteiger partial charge in [-0.2, -0.15) is 13.2 Å². The standard InChI is InChI=1S/C16H17F3N4O/c1-15(2,3)23-13-9-20-12(8-21-13)14(24)22-11-7-5-4-6-10(11)16(17,18)19/h4-9H,1-3H3,(H,21,23)(H,22,24). The van der Waals surface area contributed by atoms with E-state index >= 15 is 0 Å². The van der Waals surface area contributed by atoms with Crippen molar-refractivity contribution in [2.24, 2.45) is 0 Å². The lowest BCUT2D eigenvalue weighted by atomic mass is 10.1. The summed E-state index contributed by atoms with van der Waals surface area (Å²) in [5.74, 6) is -0.295. The number of amides is 1. The van der Waals surface area contributed by atoms with E-state index in [0.717, 1.165) is 6.07 Å². The van der Waals surface area contributed by atoms with Gasteiger partial charge < -0.3 is 10.6 Å². The quantitative estimate of drug-likeness (QED) is 0.889. The van der Waals surface area contributed by atoms with Crippen molar-refractivity contribution in [1.82, 2.24) is 9.97 Å². The van der Waals surface area contributed by atoms with Gasteiger partial charge in [-0.3, -0.25) is 4.79 Å². The fourth-order valence-electron chi connectivity index (χ4n) is 1.92. The molecule has 1 aromatic heterocycles. The summed E-state index contributed by atoms with van der Waals surface area (Å²) in [7, 11) is 0. The summed E-state index contributed by atoms with van der Waals surface area (Å²) in [5.41, 5.74) is -1.55. The van der Waals surface area contributed by atoms with Gasteiger partial charge in [0.2, 0.25) is 0 Å². The first-order valence-corrected chi connectivity index (χ1v) is 7.14. The Bertz CT molecular complexity index is 721. The molecule has 0 spiro atoms. The first kappa shape index (κ1) is 17.7. The number of carbonyl (C=O) groups is 1.